The second kappa shape index (κ2) is 19.2. The summed E-state index contributed by atoms with van der Waals surface area (Å²) in [5, 5.41) is 41.9. The average Bonchev–Trinajstić information content (AvgIpc) is 3.82. The van der Waals surface area contributed by atoms with Crippen molar-refractivity contribution in [1.82, 2.24) is 34.5 Å². The molecule has 0 fully saturated rings. The monoisotopic (exact) mass is 957 g/mol. The highest BCUT2D eigenvalue weighted by molar-refractivity contribution is 6.12. The standard InChI is InChI=1S/C64H35N11/c65-36-40-27-41(37-66)30-51(29-40)48-21-24-53-54-25-22-49(52-31-42(38-67)28-43(32-52)39-68)35-58(54)75(57(53)34-48)56-26-23-50(63-71-59(44-13-5-1-6-14-44)69-60(72-63)45-15-7-2-8-16-45)33-55(56)64-73-61(46-17-9-3-10-18-46)70-62(74-64)47-19-11-4-12-20-47/h1-35H. The van der Waals surface area contributed by atoms with Gasteiger partial charge in [-0.25, -0.2) is 29.9 Å². The first-order chi connectivity index (χ1) is 36.9. The number of nitrogens with zero attached hydrogens (tertiary/aromatic N) is 11. The average molecular weight is 958 g/mol. The molecule has 0 amide bonds. The first-order valence-corrected chi connectivity index (χ1v) is 23.8. The molecular weight excluding hydrogens is 923 g/mol. The summed E-state index contributed by atoms with van der Waals surface area (Å²) in [6, 6.07) is 76.7. The Morgan fingerprint density at radius 2 is 0.587 bits per heavy atom. The van der Waals surface area contributed by atoms with Gasteiger partial charge in [0.1, 0.15) is 0 Å². The first kappa shape index (κ1) is 44.9. The quantitative estimate of drug-likeness (QED) is 0.135. The minimum atomic E-state index is 0.367. The van der Waals surface area contributed by atoms with Gasteiger partial charge in [-0.3, -0.25) is 0 Å². The normalized spacial score (nSPS) is 10.9. The Morgan fingerprint density at radius 3 is 0.933 bits per heavy atom. The molecule has 346 valence electrons. The van der Waals surface area contributed by atoms with Crippen molar-refractivity contribution in [2.75, 3.05) is 0 Å². The molecule has 0 radical (unpaired) electrons. The zero-order chi connectivity index (χ0) is 50.8. The van der Waals surface area contributed by atoms with E-state index in [1.165, 1.54) is 0 Å². The molecular formula is C64H35N11. The predicted octanol–water partition coefficient (Wildman–Crippen LogP) is 14.0. The molecule has 3 heterocycles. The summed E-state index contributed by atoms with van der Waals surface area (Å²) >= 11 is 0. The number of hydrogen-bond acceptors (Lipinski definition) is 10. The fourth-order valence-electron chi connectivity index (χ4n) is 9.40. The van der Waals surface area contributed by atoms with Crippen LogP contribution in [-0.2, 0) is 0 Å². The molecule has 0 unspecified atom stereocenters. The second-order valence-electron chi connectivity index (χ2n) is 17.7. The highest BCUT2D eigenvalue weighted by Crippen LogP contribution is 2.41. The van der Waals surface area contributed by atoms with Crippen LogP contribution in [0.3, 0.4) is 0 Å². The van der Waals surface area contributed by atoms with Crippen molar-refractivity contribution in [3.05, 3.63) is 235 Å². The summed E-state index contributed by atoms with van der Waals surface area (Å²) in [5.41, 5.74) is 11.3. The summed E-state index contributed by atoms with van der Waals surface area (Å²) in [6.07, 6.45) is 0. The maximum Gasteiger partial charge on any atom is 0.166 e. The lowest BCUT2D eigenvalue weighted by molar-refractivity contribution is 1.06. The highest BCUT2D eigenvalue weighted by atomic mass is 15.1. The van der Waals surface area contributed by atoms with Crippen molar-refractivity contribution in [3.63, 3.8) is 0 Å². The van der Waals surface area contributed by atoms with Gasteiger partial charge in [0.2, 0.25) is 0 Å². The molecule has 12 rings (SSSR count). The lowest BCUT2D eigenvalue weighted by Gasteiger charge is -2.17. The molecule has 9 aromatic carbocycles. The van der Waals surface area contributed by atoms with E-state index >= 15 is 0 Å². The largest absolute Gasteiger partial charge is 0.308 e. The number of benzene rings is 9. The van der Waals surface area contributed by atoms with Gasteiger partial charge in [-0.15, -0.1) is 0 Å². The van der Waals surface area contributed by atoms with E-state index in [0.29, 0.717) is 85.1 Å². The van der Waals surface area contributed by atoms with Crippen molar-refractivity contribution in [2.45, 2.75) is 0 Å². The van der Waals surface area contributed by atoms with Crippen molar-refractivity contribution in [3.8, 4) is 121 Å². The van der Waals surface area contributed by atoms with E-state index in [0.717, 1.165) is 55.2 Å². The Morgan fingerprint density at radius 1 is 0.267 bits per heavy atom. The van der Waals surface area contributed by atoms with Crippen LogP contribution in [0.15, 0.2) is 212 Å². The van der Waals surface area contributed by atoms with E-state index in [9.17, 15) is 21.0 Å². The number of rotatable bonds is 9. The summed E-state index contributed by atoms with van der Waals surface area (Å²) in [4.78, 5) is 30.9. The molecule has 0 aliphatic carbocycles. The van der Waals surface area contributed by atoms with E-state index in [2.05, 4.69) is 53.1 Å². The molecule has 11 heteroatoms. The van der Waals surface area contributed by atoms with Crippen LogP contribution >= 0.6 is 0 Å². The van der Waals surface area contributed by atoms with Gasteiger partial charge in [-0.05, 0) is 89.0 Å². The minimum Gasteiger partial charge on any atom is -0.308 e. The molecule has 0 saturated heterocycles. The van der Waals surface area contributed by atoms with Gasteiger partial charge in [0.25, 0.3) is 0 Å². The lowest BCUT2D eigenvalue weighted by atomic mass is 9.98. The van der Waals surface area contributed by atoms with Crippen LogP contribution in [0.1, 0.15) is 22.3 Å². The molecule has 0 saturated carbocycles. The highest BCUT2D eigenvalue weighted by Gasteiger charge is 2.23. The van der Waals surface area contributed by atoms with E-state index in [-0.39, 0.29) is 0 Å². The fraction of sp³-hybridized carbons (Fsp3) is 0. The SMILES string of the molecule is N#Cc1cc(C#N)cc(-c2ccc3c4ccc(-c5cc(C#N)cc(C#N)c5)cc4n(-c4ccc(-c5nc(-c6ccccc6)nc(-c6ccccc6)n5)cc4-c4nc(-c5ccccc5)nc(-c5ccccc5)n4)c3c2)c1. The zero-order valence-corrected chi connectivity index (χ0v) is 39.6. The van der Waals surface area contributed by atoms with Gasteiger partial charge in [0, 0.05) is 44.2 Å². The van der Waals surface area contributed by atoms with Crippen molar-refractivity contribution in [1.29, 1.82) is 21.0 Å². The van der Waals surface area contributed by atoms with Crippen LogP contribution in [0.5, 0.6) is 0 Å². The number of nitriles is 4. The number of hydrogen-bond donors (Lipinski definition) is 0. The molecule has 0 aliphatic heterocycles. The molecule has 0 bridgehead atoms. The Balaban J connectivity index is 1.19. The maximum atomic E-state index is 10.0. The summed E-state index contributed by atoms with van der Waals surface area (Å²) < 4.78 is 2.17. The third-order valence-corrected chi connectivity index (χ3v) is 13.0. The Labute approximate surface area is 430 Å². The van der Waals surface area contributed by atoms with E-state index < -0.39 is 0 Å². The number of fused-ring (bicyclic) bond motifs is 3. The van der Waals surface area contributed by atoms with Gasteiger partial charge in [-0.2, -0.15) is 21.0 Å². The topological polar surface area (TPSA) is 177 Å². The predicted molar refractivity (Wildman–Crippen MR) is 290 cm³/mol. The zero-order valence-electron chi connectivity index (χ0n) is 39.6. The van der Waals surface area contributed by atoms with Crippen LogP contribution < -0.4 is 0 Å². The number of aromatic nitrogens is 7. The Hall–Kier alpha value is -11.2. The van der Waals surface area contributed by atoms with Gasteiger partial charge in [-0.1, -0.05) is 146 Å². The molecule has 12 aromatic rings. The molecule has 75 heavy (non-hydrogen) atoms. The second-order valence-corrected chi connectivity index (χ2v) is 17.7. The van der Waals surface area contributed by atoms with E-state index in [1.54, 1.807) is 36.4 Å². The summed E-state index contributed by atoms with van der Waals surface area (Å²) in [7, 11) is 0. The van der Waals surface area contributed by atoms with Crippen molar-refractivity contribution >= 4 is 21.8 Å². The lowest BCUT2D eigenvalue weighted by Crippen LogP contribution is -2.05. The van der Waals surface area contributed by atoms with Crippen LogP contribution in [0.4, 0.5) is 0 Å². The molecule has 0 spiro atoms. The third kappa shape index (κ3) is 8.64. The smallest absolute Gasteiger partial charge is 0.166 e. The van der Waals surface area contributed by atoms with Crippen LogP contribution in [0, 0.1) is 45.3 Å². The molecule has 0 aliphatic rings. The van der Waals surface area contributed by atoms with Gasteiger partial charge in [0.05, 0.1) is 63.3 Å². The van der Waals surface area contributed by atoms with Gasteiger partial charge < -0.3 is 4.57 Å². The van der Waals surface area contributed by atoms with Crippen LogP contribution in [0.2, 0.25) is 0 Å². The van der Waals surface area contributed by atoms with Crippen LogP contribution in [0.25, 0.3) is 118 Å². The van der Waals surface area contributed by atoms with Gasteiger partial charge in [0.15, 0.2) is 34.9 Å². The Bertz CT molecular complexity index is 4080. The van der Waals surface area contributed by atoms with Gasteiger partial charge >= 0.3 is 0 Å². The fourth-order valence-corrected chi connectivity index (χ4v) is 9.40. The first-order valence-electron chi connectivity index (χ1n) is 23.8. The third-order valence-electron chi connectivity index (χ3n) is 13.0. The maximum absolute atomic E-state index is 10.0. The summed E-state index contributed by atoms with van der Waals surface area (Å²) in [6.45, 7) is 0. The summed E-state index contributed by atoms with van der Waals surface area (Å²) in [5.74, 6) is 2.76. The van der Waals surface area contributed by atoms with Crippen molar-refractivity contribution < 1.29 is 0 Å². The molecule has 11 nitrogen and oxygen atoms in total. The minimum absolute atomic E-state index is 0.367. The Kier molecular flexibility index (Phi) is 11.5. The van der Waals surface area contributed by atoms with Crippen molar-refractivity contribution in [2.24, 2.45) is 0 Å². The van der Waals surface area contributed by atoms with E-state index in [1.807, 2.05) is 152 Å². The molecule has 0 atom stereocenters. The molecule has 3 aromatic heterocycles. The molecule has 0 N–H and O–H groups in total. The van der Waals surface area contributed by atoms with E-state index in [4.69, 9.17) is 29.9 Å². The van der Waals surface area contributed by atoms with Crippen LogP contribution in [-0.4, -0.2) is 34.5 Å².